The van der Waals surface area contributed by atoms with Gasteiger partial charge in [-0.3, -0.25) is 4.79 Å². The van der Waals surface area contributed by atoms with Crippen LogP contribution >= 0.6 is 0 Å². The fourth-order valence-corrected chi connectivity index (χ4v) is 2.81. The number of aromatic nitrogens is 2. The van der Waals surface area contributed by atoms with E-state index >= 15 is 0 Å². The van der Waals surface area contributed by atoms with Crippen molar-refractivity contribution in [2.45, 2.75) is 19.3 Å². The molecule has 3 heterocycles. The molecular formula is C14H20N4O2. The first-order valence-corrected chi connectivity index (χ1v) is 7.17. The Bertz CT molecular complexity index is 482. The van der Waals surface area contributed by atoms with Crippen LogP contribution in [0.5, 0.6) is 5.88 Å². The zero-order valence-corrected chi connectivity index (χ0v) is 11.8. The molecule has 0 radical (unpaired) electrons. The number of hydrogen-bond donors (Lipinski definition) is 0. The summed E-state index contributed by atoms with van der Waals surface area (Å²) in [5.74, 6) is 1.82. The number of carbonyl (C=O) groups is 1. The minimum atomic E-state index is 0.120. The van der Waals surface area contributed by atoms with E-state index in [2.05, 4.69) is 14.9 Å². The van der Waals surface area contributed by atoms with Crippen LogP contribution in [-0.4, -0.2) is 54.1 Å². The summed E-state index contributed by atoms with van der Waals surface area (Å²) in [4.78, 5) is 24.7. The number of carbonyl (C=O) groups excluding carboxylic acids is 1. The molecule has 0 unspecified atom stereocenters. The van der Waals surface area contributed by atoms with E-state index in [9.17, 15) is 4.79 Å². The zero-order valence-electron chi connectivity index (χ0n) is 11.8. The van der Waals surface area contributed by atoms with E-state index in [1.807, 2.05) is 11.0 Å². The van der Waals surface area contributed by atoms with Gasteiger partial charge in [0.15, 0.2) is 0 Å². The van der Waals surface area contributed by atoms with Gasteiger partial charge in [0.25, 0.3) is 0 Å². The minimum absolute atomic E-state index is 0.120. The Balaban J connectivity index is 1.56. The van der Waals surface area contributed by atoms with Gasteiger partial charge >= 0.3 is 0 Å². The molecule has 1 amide bonds. The lowest BCUT2D eigenvalue weighted by Crippen LogP contribution is -2.55. The summed E-state index contributed by atoms with van der Waals surface area (Å²) in [5, 5.41) is 0. The van der Waals surface area contributed by atoms with Gasteiger partial charge < -0.3 is 14.5 Å². The second-order valence-corrected chi connectivity index (χ2v) is 5.41. The number of amides is 1. The largest absolute Gasteiger partial charge is 0.481 e. The first kappa shape index (κ1) is 13.1. The monoisotopic (exact) mass is 276 g/mol. The first-order chi connectivity index (χ1) is 9.78. The smallest absolute Gasteiger partial charge is 0.229 e. The van der Waals surface area contributed by atoms with Crippen molar-refractivity contribution in [1.29, 1.82) is 0 Å². The molecule has 20 heavy (non-hydrogen) atoms. The lowest BCUT2D eigenvalue weighted by atomic mass is 9.97. The van der Waals surface area contributed by atoms with Crippen molar-refractivity contribution in [3.8, 4) is 5.88 Å². The number of ether oxygens (including phenoxy) is 1. The number of piperidine rings is 1. The molecule has 108 valence electrons. The predicted molar refractivity (Wildman–Crippen MR) is 74.7 cm³/mol. The van der Waals surface area contributed by atoms with Gasteiger partial charge in [0, 0.05) is 32.2 Å². The maximum absolute atomic E-state index is 12.3. The molecule has 6 nitrogen and oxygen atoms in total. The Morgan fingerprint density at radius 2 is 2.00 bits per heavy atom. The van der Waals surface area contributed by atoms with Crippen molar-refractivity contribution in [2.24, 2.45) is 5.92 Å². The average Bonchev–Trinajstić information content (AvgIpc) is 2.47. The third-order valence-electron chi connectivity index (χ3n) is 4.06. The third-order valence-corrected chi connectivity index (χ3v) is 4.06. The van der Waals surface area contributed by atoms with Gasteiger partial charge in [-0.25, -0.2) is 9.97 Å². The Morgan fingerprint density at radius 3 is 2.70 bits per heavy atom. The molecule has 0 bridgehead atoms. The zero-order chi connectivity index (χ0) is 13.9. The molecule has 0 atom stereocenters. The summed E-state index contributed by atoms with van der Waals surface area (Å²) in [7, 11) is 1.59. The predicted octanol–water partition coefficient (Wildman–Crippen LogP) is 0.934. The molecule has 2 saturated heterocycles. The van der Waals surface area contributed by atoms with Gasteiger partial charge in [0.1, 0.15) is 12.1 Å². The van der Waals surface area contributed by atoms with Crippen LogP contribution in [0.3, 0.4) is 0 Å². The molecule has 6 heteroatoms. The van der Waals surface area contributed by atoms with E-state index < -0.39 is 0 Å². The summed E-state index contributed by atoms with van der Waals surface area (Å²) < 4.78 is 5.09. The van der Waals surface area contributed by atoms with E-state index in [0.717, 1.165) is 44.8 Å². The van der Waals surface area contributed by atoms with Crippen molar-refractivity contribution in [3.63, 3.8) is 0 Å². The molecule has 1 aromatic heterocycles. The normalized spacial score (nSPS) is 19.6. The highest BCUT2D eigenvalue weighted by molar-refractivity contribution is 5.82. The first-order valence-electron chi connectivity index (χ1n) is 7.17. The van der Waals surface area contributed by atoms with E-state index in [0.29, 0.717) is 11.8 Å². The van der Waals surface area contributed by atoms with Crippen LogP contribution in [-0.2, 0) is 4.79 Å². The van der Waals surface area contributed by atoms with Crippen LogP contribution < -0.4 is 9.64 Å². The highest BCUT2D eigenvalue weighted by Gasteiger charge is 2.36. The molecule has 0 aromatic carbocycles. The van der Waals surface area contributed by atoms with Crippen LogP contribution in [0.25, 0.3) is 0 Å². The van der Waals surface area contributed by atoms with E-state index in [1.165, 1.54) is 12.7 Å². The summed E-state index contributed by atoms with van der Waals surface area (Å²) in [6.45, 7) is 3.35. The van der Waals surface area contributed by atoms with Crippen molar-refractivity contribution in [2.75, 3.05) is 38.2 Å². The van der Waals surface area contributed by atoms with Crippen LogP contribution in [0.15, 0.2) is 12.4 Å². The van der Waals surface area contributed by atoms with Crippen molar-refractivity contribution >= 4 is 11.7 Å². The number of anilines is 1. The molecule has 3 rings (SSSR count). The minimum Gasteiger partial charge on any atom is -0.481 e. The molecule has 2 fully saturated rings. The maximum atomic E-state index is 12.3. The van der Waals surface area contributed by atoms with Gasteiger partial charge in [-0.2, -0.15) is 0 Å². The molecule has 0 N–H and O–H groups in total. The van der Waals surface area contributed by atoms with Crippen molar-refractivity contribution in [3.05, 3.63) is 12.4 Å². The molecule has 2 aliphatic heterocycles. The molecule has 0 spiro atoms. The van der Waals surface area contributed by atoms with Gasteiger partial charge in [-0.05, 0) is 19.3 Å². The highest BCUT2D eigenvalue weighted by atomic mass is 16.5. The number of methoxy groups -OCH3 is 1. The SMILES string of the molecule is COc1cc(N2CC(C(=O)N3CCCCC3)C2)ncn1. The van der Waals surface area contributed by atoms with E-state index in [1.54, 1.807) is 7.11 Å². The number of hydrogen-bond acceptors (Lipinski definition) is 5. The quantitative estimate of drug-likeness (QED) is 0.822. The topological polar surface area (TPSA) is 58.6 Å². The lowest BCUT2D eigenvalue weighted by molar-refractivity contribution is -0.137. The second kappa shape index (κ2) is 5.64. The fourth-order valence-electron chi connectivity index (χ4n) is 2.81. The standard InChI is InChI=1S/C14H20N4O2/c1-20-13-7-12(15-10-16-13)18-8-11(9-18)14(19)17-5-3-2-4-6-17/h7,10-11H,2-6,8-9H2,1H3. The Kier molecular flexibility index (Phi) is 3.71. The molecule has 1 aromatic rings. The van der Waals surface area contributed by atoms with Crippen LogP contribution in [0.2, 0.25) is 0 Å². The number of nitrogens with zero attached hydrogens (tertiary/aromatic N) is 4. The maximum Gasteiger partial charge on any atom is 0.229 e. The number of likely N-dealkylation sites (tertiary alicyclic amines) is 1. The Labute approximate surface area is 118 Å². The summed E-state index contributed by atoms with van der Waals surface area (Å²) >= 11 is 0. The summed E-state index contributed by atoms with van der Waals surface area (Å²) in [5.41, 5.74) is 0. The summed E-state index contributed by atoms with van der Waals surface area (Å²) in [6.07, 6.45) is 5.03. The van der Waals surface area contributed by atoms with Gasteiger partial charge in [0.2, 0.25) is 11.8 Å². The van der Waals surface area contributed by atoms with Crippen LogP contribution in [0.1, 0.15) is 19.3 Å². The lowest BCUT2D eigenvalue weighted by Gasteiger charge is -2.42. The molecule has 2 aliphatic rings. The van der Waals surface area contributed by atoms with Crippen LogP contribution in [0, 0.1) is 5.92 Å². The average molecular weight is 276 g/mol. The van der Waals surface area contributed by atoms with E-state index in [-0.39, 0.29) is 5.92 Å². The second-order valence-electron chi connectivity index (χ2n) is 5.41. The summed E-state index contributed by atoms with van der Waals surface area (Å²) in [6, 6.07) is 1.81. The highest BCUT2D eigenvalue weighted by Crippen LogP contribution is 2.26. The van der Waals surface area contributed by atoms with Crippen molar-refractivity contribution in [1.82, 2.24) is 14.9 Å². The number of rotatable bonds is 3. The van der Waals surface area contributed by atoms with E-state index in [4.69, 9.17) is 4.74 Å². The molecule has 0 aliphatic carbocycles. The Morgan fingerprint density at radius 1 is 1.25 bits per heavy atom. The molecule has 0 saturated carbocycles. The Hall–Kier alpha value is -1.85. The van der Waals surface area contributed by atoms with Gasteiger partial charge in [-0.15, -0.1) is 0 Å². The van der Waals surface area contributed by atoms with Crippen molar-refractivity contribution < 1.29 is 9.53 Å². The van der Waals surface area contributed by atoms with Crippen LogP contribution in [0.4, 0.5) is 5.82 Å². The fraction of sp³-hybridized carbons (Fsp3) is 0.643. The van der Waals surface area contributed by atoms with Gasteiger partial charge in [-0.1, -0.05) is 0 Å². The molecular weight excluding hydrogens is 256 g/mol. The third kappa shape index (κ3) is 2.55. The van der Waals surface area contributed by atoms with Gasteiger partial charge in [0.05, 0.1) is 13.0 Å².